The Labute approximate surface area is 197 Å². The Morgan fingerprint density at radius 1 is 1.18 bits per heavy atom. The highest BCUT2D eigenvalue weighted by Gasteiger charge is 2.14. The van der Waals surface area contributed by atoms with Gasteiger partial charge in [-0.1, -0.05) is 17.7 Å². The van der Waals surface area contributed by atoms with E-state index in [4.69, 9.17) is 26.1 Å². The lowest BCUT2D eigenvalue weighted by Gasteiger charge is -2.12. The van der Waals surface area contributed by atoms with Gasteiger partial charge in [-0.15, -0.1) is 0 Å². The molecule has 0 amide bonds. The Morgan fingerprint density at radius 2 is 2.03 bits per heavy atom. The second kappa shape index (κ2) is 10.1. The summed E-state index contributed by atoms with van der Waals surface area (Å²) in [7, 11) is 0. The first-order valence-corrected chi connectivity index (χ1v) is 11.4. The van der Waals surface area contributed by atoms with Gasteiger partial charge in [0, 0.05) is 29.9 Å². The first-order chi connectivity index (χ1) is 16.0. The number of aromatic nitrogens is 4. The van der Waals surface area contributed by atoms with Crippen LogP contribution in [0.2, 0.25) is 5.02 Å². The van der Waals surface area contributed by atoms with Crippen LogP contribution in [0.15, 0.2) is 48.8 Å². The quantitative estimate of drug-likeness (QED) is 0.248. The minimum Gasteiger partial charge on any atom is -0.493 e. The van der Waals surface area contributed by atoms with Crippen molar-refractivity contribution in [1.29, 1.82) is 0 Å². The minimum atomic E-state index is -0.197. The Hall–Kier alpha value is -3.32. The van der Waals surface area contributed by atoms with Gasteiger partial charge in [-0.3, -0.25) is 4.79 Å². The zero-order valence-corrected chi connectivity index (χ0v) is 19.8. The van der Waals surface area contributed by atoms with Crippen LogP contribution >= 0.6 is 11.6 Å². The highest BCUT2D eigenvalue weighted by Crippen LogP contribution is 2.28. The fourth-order valence-corrected chi connectivity index (χ4v) is 4.03. The molecule has 0 radical (unpaired) electrons. The first kappa shape index (κ1) is 22.9. The van der Waals surface area contributed by atoms with Crippen molar-refractivity contribution in [3.63, 3.8) is 0 Å². The molecule has 0 N–H and O–H groups in total. The van der Waals surface area contributed by atoms with Crippen LogP contribution in [0.1, 0.15) is 36.7 Å². The molecule has 8 heteroatoms. The van der Waals surface area contributed by atoms with Gasteiger partial charge >= 0.3 is 5.97 Å². The molecule has 0 aliphatic carbocycles. The Morgan fingerprint density at radius 3 is 2.76 bits per heavy atom. The predicted octanol–water partition coefficient (Wildman–Crippen LogP) is 5.26. The highest BCUT2D eigenvalue weighted by molar-refractivity contribution is 6.31. The van der Waals surface area contributed by atoms with Crippen molar-refractivity contribution < 1.29 is 14.3 Å². The normalized spacial score (nSPS) is 11.2. The summed E-state index contributed by atoms with van der Waals surface area (Å²) in [6.07, 6.45) is 4.57. The third-order valence-corrected chi connectivity index (χ3v) is 5.79. The number of hydrogen-bond acceptors (Lipinski definition) is 5. The maximum Gasteiger partial charge on any atom is 0.305 e. The van der Waals surface area contributed by atoms with Crippen LogP contribution in [0.3, 0.4) is 0 Å². The van der Waals surface area contributed by atoms with Crippen LogP contribution < -0.4 is 4.74 Å². The molecular weight excluding hydrogens is 440 g/mol. The predicted molar refractivity (Wildman–Crippen MR) is 128 cm³/mol. The average Bonchev–Trinajstić information content (AvgIpc) is 3.42. The number of aryl methyl sites for hydroxylation is 2. The van der Waals surface area contributed by atoms with E-state index in [1.54, 1.807) is 17.8 Å². The van der Waals surface area contributed by atoms with Crippen molar-refractivity contribution in [2.75, 3.05) is 13.2 Å². The van der Waals surface area contributed by atoms with Crippen LogP contribution in [0.25, 0.3) is 16.7 Å². The maximum absolute atomic E-state index is 11.5. The monoisotopic (exact) mass is 466 g/mol. The van der Waals surface area contributed by atoms with Crippen molar-refractivity contribution in [2.45, 2.75) is 40.2 Å². The zero-order chi connectivity index (χ0) is 23.4. The second-order valence-electron chi connectivity index (χ2n) is 7.84. The van der Waals surface area contributed by atoms with Gasteiger partial charge in [-0.2, -0.15) is 5.10 Å². The molecule has 172 valence electrons. The van der Waals surface area contributed by atoms with E-state index >= 15 is 0 Å². The molecule has 0 fully saturated rings. The summed E-state index contributed by atoms with van der Waals surface area (Å²) >= 11 is 6.62. The highest BCUT2D eigenvalue weighted by atomic mass is 35.5. The van der Waals surface area contributed by atoms with E-state index in [0.717, 1.165) is 39.4 Å². The van der Waals surface area contributed by atoms with Crippen molar-refractivity contribution in [3.8, 4) is 11.4 Å². The van der Waals surface area contributed by atoms with Gasteiger partial charge in [0.25, 0.3) is 0 Å². The second-order valence-corrected chi connectivity index (χ2v) is 8.24. The van der Waals surface area contributed by atoms with Gasteiger partial charge in [-0.05, 0) is 62.6 Å². The summed E-state index contributed by atoms with van der Waals surface area (Å²) in [5, 5.41) is 4.93. The summed E-state index contributed by atoms with van der Waals surface area (Å²) in [6, 6.07) is 11.8. The Balaban J connectivity index is 1.54. The van der Waals surface area contributed by atoms with Gasteiger partial charge in [0.2, 0.25) is 0 Å². The minimum absolute atomic E-state index is 0.197. The van der Waals surface area contributed by atoms with E-state index in [2.05, 4.69) is 9.67 Å². The van der Waals surface area contributed by atoms with Crippen molar-refractivity contribution >= 4 is 28.6 Å². The largest absolute Gasteiger partial charge is 0.493 e. The van der Waals surface area contributed by atoms with Crippen LogP contribution in [-0.2, 0) is 16.1 Å². The number of fused-ring (bicyclic) bond motifs is 1. The van der Waals surface area contributed by atoms with Crippen LogP contribution in [0, 0.1) is 13.8 Å². The summed E-state index contributed by atoms with van der Waals surface area (Å²) in [5.74, 6) is 1.46. The number of halogens is 1. The van der Waals surface area contributed by atoms with Crippen LogP contribution in [-0.4, -0.2) is 38.5 Å². The number of ether oxygens (including phenoxy) is 2. The van der Waals surface area contributed by atoms with E-state index in [9.17, 15) is 4.79 Å². The number of nitrogens with zero attached hydrogens (tertiary/aromatic N) is 4. The van der Waals surface area contributed by atoms with Crippen LogP contribution in [0.5, 0.6) is 5.75 Å². The average molecular weight is 467 g/mol. The van der Waals surface area contributed by atoms with E-state index < -0.39 is 0 Å². The molecule has 33 heavy (non-hydrogen) atoms. The molecular formula is C25H27ClN4O3. The summed E-state index contributed by atoms with van der Waals surface area (Å²) in [5.41, 5.74) is 4.87. The SMILES string of the molecule is CCOC(=O)CCCOc1cc(C)c2nc(C)n(Cc3ccc(-n4cccn4)cc3Cl)c2c1. The van der Waals surface area contributed by atoms with Gasteiger partial charge in [0.1, 0.15) is 11.6 Å². The van der Waals surface area contributed by atoms with Crippen molar-refractivity contribution in [1.82, 2.24) is 19.3 Å². The molecule has 0 unspecified atom stereocenters. The van der Waals surface area contributed by atoms with Crippen molar-refractivity contribution in [2.24, 2.45) is 0 Å². The molecule has 4 aromatic rings. The Kier molecular flexibility index (Phi) is 6.99. The number of esters is 1. The van der Waals surface area contributed by atoms with E-state index in [1.165, 1.54) is 0 Å². The fourth-order valence-electron chi connectivity index (χ4n) is 3.80. The lowest BCUT2D eigenvalue weighted by Crippen LogP contribution is -2.07. The molecule has 0 saturated heterocycles. The summed E-state index contributed by atoms with van der Waals surface area (Å²) in [4.78, 5) is 16.3. The standard InChI is InChI=1S/C25H27ClN4O3/c1-4-32-24(31)7-5-12-33-21-13-17(2)25-23(15-21)29(18(3)28-25)16-19-8-9-20(14-22(19)26)30-11-6-10-27-30/h6,8-11,13-15H,4-5,7,12,16H2,1-3H3. The molecule has 0 aliphatic heterocycles. The number of rotatable bonds is 9. The number of carbonyl (C=O) groups excluding carboxylic acids is 1. The lowest BCUT2D eigenvalue weighted by molar-refractivity contribution is -0.143. The Bertz CT molecular complexity index is 1260. The van der Waals surface area contributed by atoms with Gasteiger partial charge in [0.05, 0.1) is 36.5 Å². The van der Waals surface area contributed by atoms with Gasteiger partial charge in [-0.25, -0.2) is 9.67 Å². The first-order valence-electron chi connectivity index (χ1n) is 11.0. The smallest absolute Gasteiger partial charge is 0.305 e. The molecule has 4 rings (SSSR count). The zero-order valence-electron chi connectivity index (χ0n) is 19.0. The maximum atomic E-state index is 11.5. The number of hydrogen-bond donors (Lipinski definition) is 0. The molecule has 0 spiro atoms. The molecule has 0 atom stereocenters. The van der Waals surface area contributed by atoms with E-state index in [1.807, 2.05) is 56.4 Å². The van der Waals surface area contributed by atoms with Gasteiger partial charge in [0.15, 0.2) is 0 Å². The molecule has 0 aliphatic rings. The molecule has 0 bridgehead atoms. The third kappa shape index (κ3) is 5.20. The molecule has 0 saturated carbocycles. The number of carbonyl (C=O) groups is 1. The number of imidazole rings is 1. The lowest BCUT2D eigenvalue weighted by atomic mass is 10.1. The van der Waals surface area contributed by atoms with E-state index in [-0.39, 0.29) is 5.97 Å². The fraction of sp³-hybridized carbons (Fsp3) is 0.320. The van der Waals surface area contributed by atoms with E-state index in [0.29, 0.717) is 37.6 Å². The molecule has 2 heterocycles. The van der Waals surface area contributed by atoms with Crippen LogP contribution in [0.4, 0.5) is 0 Å². The molecule has 7 nitrogen and oxygen atoms in total. The summed E-state index contributed by atoms with van der Waals surface area (Å²) in [6.45, 7) is 7.25. The molecule has 2 aromatic carbocycles. The van der Waals surface area contributed by atoms with Gasteiger partial charge < -0.3 is 14.0 Å². The van der Waals surface area contributed by atoms with Crippen molar-refractivity contribution in [3.05, 3.63) is 70.8 Å². The summed E-state index contributed by atoms with van der Waals surface area (Å²) < 4.78 is 14.8. The third-order valence-electron chi connectivity index (χ3n) is 5.44. The molecule has 2 aromatic heterocycles. The topological polar surface area (TPSA) is 71.2 Å². The number of benzene rings is 2.